The fourth-order valence-electron chi connectivity index (χ4n) is 2.38. The van der Waals surface area contributed by atoms with Gasteiger partial charge in [0.15, 0.2) is 11.6 Å². The molecule has 1 aliphatic rings. The van der Waals surface area contributed by atoms with Crippen LogP contribution in [0.25, 0.3) is 0 Å². The summed E-state index contributed by atoms with van der Waals surface area (Å²) in [6, 6.07) is 4.86. The van der Waals surface area contributed by atoms with Crippen LogP contribution in [0, 0.1) is 5.82 Å². The second-order valence-electron chi connectivity index (χ2n) is 4.81. The van der Waals surface area contributed by atoms with Gasteiger partial charge in [-0.15, -0.1) is 11.6 Å². The van der Waals surface area contributed by atoms with E-state index in [1.54, 1.807) is 13.2 Å². The number of methoxy groups -OCH3 is 2. The van der Waals surface area contributed by atoms with Gasteiger partial charge in [0.05, 0.1) is 18.1 Å². The molecule has 0 spiro atoms. The number of rotatable bonds is 5. The highest BCUT2D eigenvalue weighted by Crippen LogP contribution is 2.44. The van der Waals surface area contributed by atoms with Gasteiger partial charge < -0.3 is 9.47 Å². The van der Waals surface area contributed by atoms with E-state index in [1.807, 2.05) is 6.07 Å². The van der Waals surface area contributed by atoms with Crippen molar-refractivity contribution in [2.45, 2.75) is 36.7 Å². The summed E-state index contributed by atoms with van der Waals surface area (Å²) < 4.78 is 24.0. The van der Waals surface area contributed by atoms with Gasteiger partial charge in [-0.2, -0.15) is 0 Å². The second kappa shape index (κ2) is 5.45. The van der Waals surface area contributed by atoms with Crippen molar-refractivity contribution in [3.05, 3.63) is 29.6 Å². The molecule has 18 heavy (non-hydrogen) atoms. The fourth-order valence-corrected chi connectivity index (χ4v) is 2.80. The van der Waals surface area contributed by atoms with Crippen LogP contribution >= 0.6 is 11.6 Å². The molecule has 0 saturated heterocycles. The number of benzene rings is 1. The van der Waals surface area contributed by atoms with Gasteiger partial charge in [0.2, 0.25) is 0 Å². The van der Waals surface area contributed by atoms with E-state index in [-0.39, 0.29) is 22.5 Å². The molecular formula is C14H18ClFO2. The Kier molecular flexibility index (Phi) is 4.13. The maximum Gasteiger partial charge on any atom is 0.165 e. The van der Waals surface area contributed by atoms with Crippen molar-refractivity contribution in [1.29, 1.82) is 0 Å². The van der Waals surface area contributed by atoms with Crippen LogP contribution in [-0.4, -0.2) is 19.8 Å². The van der Waals surface area contributed by atoms with Gasteiger partial charge in [-0.3, -0.25) is 0 Å². The van der Waals surface area contributed by atoms with E-state index in [4.69, 9.17) is 21.1 Å². The Morgan fingerprint density at radius 3 is 2.56 bits per heavy atom. The average molecular weight is 273 g/mol. The lowest BCUT2D eigenvalue weighted by Crippen LogP contribution is -2.39. The van der Waals surface area contributed by atoms with Gasteiger partial charge >= 0.3 is 0 Å². The van der Waals surface area contributed by atoms with Crippen LogP contribution in [0.5, 0.6) is 5.75 Å². The van der Waals surface area contributed by atoms with E-state index >= 15 is 0 Å². The molecule has 0 radical (unpaired) electrons. The summed E-state index contributed by atoms with van der Waals surface area (Å²) in [5, 5.41) is -0.231. The Bertz CT molecular complexity index is 413. The Hall–Kier alpha value is -0.800. The van der Waals surface area contributed by atoms with Crippen molar-refractivity contribution < 1.29 is 13.9 Å². The zero-order chi connectivity index (χ0) is 13.2. The van der Waals surface area contributed by atoms with Crippen molar-refractivity contribution >= 4 is 11.6 Å². The third kappa shape index (κ3) is 2.62. The predicted octanol–water partition coefficient (Wildman–Crippen LogP) is 4.07. The standard InChI is InChI=1S/C14H18ClFO2/c1-17-13-5-4-10(8-12(13)16)11(15)9-14(18-2)6-3-7-14/h4-5,8,11H,3,6-7,9H2,1-2H3. The molecule has 1 aromatic carbocycles. The maximum absolute atomic E-state index is 13.6. The van der Waals surface area contributed by atoms with E-state index in [2.05, 4.69) is 0 Å². The van der Waals surface area contributed by atoms with Crippen molar-refractivity contribution in [2.75, 3.05) is 14.2 Å². The smallest absolute Gasteiger partial charge is 0.165 e. The molecule has 0 N–H and O–H groups in total. The molecule has 2 nitrogen and oxygen atoms in total. The SMILES string of the molecule is COc1ccc(C(Cl)CC2(OC)CCC2)cc1F. The third-order valence-corrected chi connectivity index (χ3v) is 4.19. The molecule has 1 aromatic rings. The Morgan fingerprint density at radius 2 is 2.11 bits per heavy atom. The van der Waals surface area contributed by atoms with Crippen molar-refractivity contribution in [1.82, 2.24) is 0 Å². The highest BCUT2D eigenvalue weighted by Gasteiger charge is 2.39. The second-order valence-corrected chi connectivity index (χ2v) is 5.33. The minimum atomic E-state index is -0.374. The van der Waals surface area contributed by atoms with Crippen LogP contribution in [0.4, 0.5) is 4.39 Å². The van der Waals surface area contributed by atoms with Crippen LogP contribution in [0.15, 0.2) is 18.2 Å². The number of halogens is 2. The number of hydrogen-bond donors (Lipinski definition) is 0. The van der Waals surface area contributed by atoms with E-state index in [1.165, 1.54) is 19.6 Å². The summed E-state index contributed by atoms with van der Waals surface area (Å²) in [4.78, 5) is 0. The number of alkyl halides is 1. The van der Waals surface area contributed by atoms with Crippen LogP contribution in [-0.2, 0) is 4.74 Å². The molecule has 1 unspecified atom stereocenters. The highest BCUT2D eigenvalue weighted by molar-refractivity contribution is 6.20. The van der Waals surface area contributed by atoms with Gasteiger partial charge in [0.25, 0.3) is 0 Å². The summed E-state index contributed by atoms with van der Waals surface area (Å²) in [6.07, 6.45) is 3.96. The Balaban J connectivity index is 2.09. The molecule has 0 bridgehead atoms. The molecule has 2 rings (SSSR count). The first-order chi connectivity index (χ1) is 8.60. The van der Waals surface area contributed by atoms with E-state index < -0.39 is 0 Å². The molecular weight excluding hydrogens is 255 g/mol. The molecule has 1 fully saturated rings. The van der Waals surface area contributed by atoms with E-state index in [0.29, 0.717) is 0 Å². The largest absolute Gasteiger partial charge is 0.494 e. The van der Waals surface area contributed by atoms with Crippen molar-refractivity contribution in [3.8, 4) is 5.75 Å². The summed E-state index contributed by atoms with van der Waals surface area (Å²) in [7, 11) is 3.17. The molecule has 4 heteroatoms. The first-order valence-corrected chi connectivity index (χ1v) is 6.56. The zero-order valence-electron chi connectivity index (χ0n) is 10.7. The lowest BCUT2D eigenvalue weighted by molar-refractivity contribution is -0.0780. The van der Waals surface area contributed by atoms with Gasteiger partial charge in [-0.05, 0) is 43.4 Å². The Labute approximate surface area is 112 Å². The van der Waals surface area contributed by atoms with E-state index in [9.17, 15) is 4.39 Å². The van der Waals surface area contributed by atoms with Crippen LogP contribution in [0.2, 0.25) is 0 Å². The molecule has 0 aromatic heterocycles. The van der Waals surface area contributed by atoms with Gasteiger partial charge in [-0.25, -0.2) is 4.39 Å². The molecule has 1 saturated carbocycles. The number of hydrogen-bond acceptors (Lipinski definition) is 2. The zero-order valence-corrected chi connectivity index (χ0v) is 11.5. The minimum absolute atomic E-state index is 0.108. The van der Waals surface area contributed by atoms with Crippen molar-refractivity contribution in [2.24, 2.45) is 0 Å². The summed E-state index contributed by atoms with van der Waals surface area (Å²) in [5.41, 5.74) is 0.668. The molecule has 1 atom stereocenters. The van der Waals surface area contributed by atoms with Gasteiger partial charge in [0, 0.05) is 7.11 Å². The normalized spacial score (nSPS) is 19.1. The lowest BCUT2D eigenvalue weighted by atomic mass is 9.76. The fraction of sp³-hybridized carbons (Fsp3) is 0.571. The van der Waals surface area contributed by atoms with Crippen LogP contribution in [0.1, 0.15) is 36.6 Å². The van der Waals surface area contributed by atoms with Gasteiger partial charge in [0.1, 0.15) is 0 Å². The quantitative estimate of drug-likeness (QED) is 0.752. The minimum Gasteiger partial charge on any atom is -0.494 e. The topological polar surface area (TPSA) is 18.5 Å². The molecule has 0 heterocycles. The van der Waals surface area contributed by atoms with Crippen LogP contribution < -0.4 is 4.74 Å². The monoisotopic (exact) mass is 272 g/mol. The number of ether oxygens (including phenoxy) is 2. The average Bonchev–Trinajstić information content (AvgIpc) is 2.33. The summed E-state index contributed by atoms with van der Waals surface area (Å²) in [5.74, 6) is -0.131. The Morgan fingerprint density at radius 1 is 1.39 bits per heavy atom. The van der Waals surface area contributed by atoms with Crippen molar-refractivity contribution in [3.63, 3.8) is 0 Å². The lowest BCUT2D eigenvalue weighted by Gasteiger charge is -2.41. The molecule has 1 aliphatic carbocycles. The van der Waals surface area contributed by atoms with Gasteiger partial charge in [-0.1, -0.05) is 6.07 Å². The first kappa shape index (κ1) is 13.6. The first-order valence-electron chi connectivity index (χ1n) is 6.13. The molecule has 0 amide bonds. The van der Waals surface area contributed by atoms with Crippen LogP contribution in [0.3, 0.4) is 0 Å². The van der Waals surface area contributed by atoms with E-state index in [0.717, 1.165) is 24.8 Å². The summed E-state index contributed by atoms with van der Waals surface area (Å²) in [6.45, 7) is 0. The maximum atomic E-state index is 13.6. The molecule has 0 aliphatic heterocycles. The molecule has 100 valence electrons. The predicted molar refractivity (Wildman–Crippen MR) is 69.8 cm³/mol. The summed E-state index contributed by atoms with van der Waals surface area (Å²) >= 11 is 6.36. The third-order valence-electron chi connectivity index (χ3n) is 3.79. The highest BCUT2D eigenvalue weighted by atomic mass is 35.5.